The van der Waals surface area contributed by atoms with Crippen LogP contribution < -0.4 is 5.32 Å². The van der Waals surface area contributed by atoms with Gasteiger partial charge in [-0.3, -0.25) is 0 Å². The van der Waals surface area contributed by atoms with Crippen LogP contribution in [0.3, 0.4) is 0 Å². The summed E-state index contributed by atoms with van der Waals surface area (Å²) >= 11 is 0. The van der Waals surface area contributed by atoms with Crippen molar-refractivity contribution in [3.63, 3.8) is 0 Å². The predicted molar refractivity (Wildman–Crippen MR) is 70.9 cm³/mol. The number of carbonyl (C=O) groups excluding carboxylic acids is 1. The molecular weight excluding hydrogens is 248 g/mol. The Balaban J connectivity index is 2.34. The van der Waals surface area contributed by atoms with Gasteiger partial charge in [-0.05, 0) is 25.2 Å². The van der Waals surface area contributed by atoms with E-state index >= 15 is 0 Å². The monoisotopic (exact) mass is 272 g/mol. The van der Waals surface area contributed by atoms with Gasteiger partial charge in [0.2, 0.25) is 0 Å². The van der Waals surface area contributed by atoms with Crippen LogP contribution in [-0.4, -0.2) is 52.9 Å². The van der Waals surface area contributed by atoms with Gasteiger partial charge in [0.25, 0.3) is 0 Å². The third-order valence-electron chi connectivity index (χ3n) is 3.56. The van der Waals surface area contributed by atoms with Crippen molar-refractivity contribution in [2.45, 2.75) is 45.1 Å². The van der Waals surface area contributed by atoms with Gasteiger partial charge in [-0.25, -0.2) is 9.59 Å². The van der Waals surface area contributed by atoms with Crippen molar-refractivity contribution in [1.29, 1.82) is 0 Å². The molecule has 2 amide bonds. The Morgan fingerprint density at radius 1 is 1.37 bits per heavy atom. The van der Waals surface area contributed by atoms with E-state index in [1.165, 1.54) is 12.8 Å². The number of nitrogens with one attached hydrogen (secondary N) is 1. The van der Waals surface area contributed by atoms with Gasteiger partial charge in [-0.2, -0.15) is 0 Å². The first-order chi connectivity index (χ1) is 9.04. The molecule has 0 bridgehead atoms. The molecule has 0 radical (unpaired) electrons. The zero-order valence-corrected chi connectivity index (χ0v) is 11.5. The summed E-state index contributed by atoms with van der Waals surface area (Å²) in [5, 5.41) is 20.1. The number of nitrogens with zero attached hydrogens (tertiary/aromatic N) is 1. The normalized spacial score (nSPS) is 21.6. The number of carboxylic acid groups (broad SMARTS) is 1. The Bertz CT molecular complexity index is 309. The van der Waals surface area contributed by atoms with Gasteiger partial charge in [-0.1, -0.05) is 19.8 Å². The molecule has 1 saturated heterocycles. The van der Waals surface area contributed by atoms with E-state index in [-0.39, 0.29) is 12.6 Å². The van der Waals surface area contributed by atoms with E-state index in [4.69, 9.17) is 10.2 Å². The number of amides is 2. The second-order valence-corrected chi connectivity index (χ2v) is 5.11. The van der Waals surface area contributed by atoms with Gasteiger partial charge in [-0.15, -0.1) is 0 Å². The van der Waals surface area contributed by atoms with E-state index in [0.29, 0.717) is 19.0 Å². The first-order valence-electron chi connectivity index (χ1n) is 6.98. The lowest BCUT2D eigenvalue weighted by Gasteiger charge is -2.21. The quantitative estimate of drug-likeness (QED) is 0.697. The highest BCUT2D eigenvalue weighted by Crippen LogP contribution is 2.21. The van der Waals surface area contributed by atoms with Crippen LogP contribution in [0.5, 0.6) is 0 Å². The fourth-order valence-electron chi connectivity index (χ4n) is 2.45. The average molecular weight is 272 g/mol. The summed E-state index contributed by atoms with van der Waals surface area (Å²) in [6.07, 6.45) is 3.97. The van der Waals surface area contributed by atoms with Gasteiger partial charge >= 0.3 is 12.0 Å². The van der Waals surface area contributed by atoms with Crippen molar-refractivity contribution in [3.8, 4) is 0 Å². The number of carboxylic acids is 1. The molecule has 0 spiro atoms. The van der Waals surface area contributed by atoms with Crippen LogP contribution in [0, 0.1) is 5.92 Å². The average Bonchev–Trinajstić information content (AvgIpc) is 2.61. The van der Waals surface area contributed by atoms with Crippen molar-refractivity contribution in [1.82, 2.24) is 10.2 Å². The van der Waals surface area contributed by atoms with Crippen LogP contribution in [0.2, 0.25) is 0 Å². The van der Waals surface area contributed by atoms with E-state index in [1.807, 2.05) is 0 Å². The molecule has 0 saturated carbocycles. The van der Waals surface area contributed by atoms with Gasteiger partial charge in [0.1, 0.15) is 0 Å². The highest BCUT2D eigenvalue weighted by atomic mass is 16.4. The highest BCUT2D eigenvalue weighted by molar-refractivity contribution is 5.76. The van der Waals surface area contributed by atoms with E-state index in [1.54, 1.807) is 4.90 Å². The third-order valence-corrected chi connectivity index (χ3v) is 3.56. The number of aliphatic hydroxyl groups excluding tert-OH is 1. The summed E-state index contributed by atoms with van der Waals surface area (Å²) in [7, 11) is 0. The zero-order chi connectivity index (χ0) is 14.3. The maximum absolute atomic E-state index is 11.9. The number of likely N-dealkylation sites (tertiary alicyclic amines) is 1. The molecule has 110 valence electrons. The van der Waals surface area contributed by atoms with Crippen molar-refractivity contribution < 1.29 is 19.8 Å². The van der Waals surface area contributed by atoms with E-state index in [9.17, 15) is 9.59 Å². The SMILES string of the molecule is CCCC1CCCN(C(=O)NC[C@H](O)C(=O)O)CC1. The zero-order valence-electron chi connectivity index (χ0n) is 11.5. The molecule has 1 unspecified atom stereocenters. The first kappa shape index (κ1) is 15.8. The van der Waals surface area contributed by atoms with Crippen LogP contribution in [0.25, 0.3) is 0 Å². The van der Waals surface area contributed by atoms with E-state index < -0.39 is 12.1 Å². The number of aliphatic hydroxyl groups is 1. The minimum Gasteiger partial charge on any atom is -0.479 e. The summed E-state index contributed by atoms with van der Waals surface area (Å²) < 4.78 is 0. The molecule has 0 aromatic carbocycles. The summed E-state index contributed by atoms with van der Waals surface area (Å²) in [5.41, 5.74) is 0. The second-order valence-electron chi connectivity index (χ2n) is 5.11. The summed E-state index contributed by atoms with van der Waals surface area (Å²) in [6.45, 7) is 3.33. The molecule has 6 nitrogen and oxygen atoms in total. The maximum atomic E-state index is 11.9. The molecule has 6 heteroatoms. The lowest BCUT2D eigenvalue weighted by Crippen LogP contribution is -2.44. The Hall–Kier alpha value is -1.30. The van der Waals surface area contributed by atoms with Crippen LogP contribution >= 0.6 is 0 Å². The molecule has 0 aromatic rings. The number of hydrogen-bond donors (Lipinski definition) is 3. The van der Waals surface area contributed by atoms with Gasteiger partial charge in [0.15, 0.2) is 6.10 Å². The number of aliphatic carboxylic acids is 1. The smallest absolute Gasteiger partial charge is 0.334 e. The molecule has 19 heavy (non-hydrogen) atoms. The van der Waals surface area contributed by atoms with Crippen molar-refractivity contribution >= 4 is 12.0 Å². The lowest BCUT2D eigenvalue weighted by molar-refractivity contribution is -0.146. The van der Waals surface area contributed by atoms with Crippen LogP contribution in [-0.2, 0) is 4.79 Å². The predicted octanol–water partition coefficient (Wildman–Crippen LogP) is 1.04. The number of hydrogen-bond acceptors (Lipinski definition) is 3. The van der Waals surface area contributed by atoms with Gasteiger partial charge < -0.3 is 20.4 Å². The van der Waals surface area contributed by atoms with Crippen LogP contribution in [0.15, 0.2) is 0 Å². The molecule has 0 aromatic heterocycles. The Labute approximate surface area is 113 Å². The summed E-state index contributed by atoms with van der Waals surface area (Å²) in [6, 6.07) is -0.280. The number of urea groups is 1. The van der Waals surface area contributed by atoms with Crippen molar-refractivity contribution in [2.75, 3.05) is 19.6 Å². The standard InChI is InChI=1S/C13H24N2O4/c1-2-4-10-5-3-7-15(8-6-10)13(19)14-9-11(16)12(17)18/h10-11,16H,2-9H2,1H3,(H,14,19)(H,17,18)/t10?,11-/m0/s1. The molecule has 1 heterocycles. The highest BCUT2D eigenvalue weighted by Gasteiger charge is 2.21. The van der Waals surface area contributed by atoms with E-state index in [2.05, 4.69) is 12.2 Å². The minimum atomic E-state index is -1.54. The Kier molecular flexibility index (Phi) is 6.62. The number of carbonyl (C=O) groups is 2. The second kappa shape index (κ2) is 7.99. The van der Waals surface area contributed by atoms with Crippen molar-refractivity contribution in [2.24, 2.45) is 5.92 Å². The number of rotatable bonds is 5. The molecule has 3 N–H and O–H groups in total. The lowest BCUT2D eigenvalue weighted by atomic mass is 9.96. The van der Waals surface area contributed by atoms with Gasteiger partial charge in [0, 0.05) is 13.1 Å². The topological polar surface area (TPSA) is 89.9 Å². The Morgan fingerprint density at radius 2 is 2.11 bits per heavy atom. The fourth-order valence-corrected chi connectivity index (χ4v) is 2.45. The molecule has 1 fully saturated rings. The summed E-state index contributed by atoms with van der Waals surface area (Å²) in [4.78, 5) is 24.0. The van der Waals surface area contributed by atoms with Crippen LogP contribution in [0.1, 0.15) is 39.0 Å². The first-order valence-corrected chi connectivity index (χ1v) is 6.98. The summed E-state index contributed by atoms with van der Waals surface area (Å²) in [5.74, 6) is -0.633. The molecule has 2 atom stereocenters. The van der Waals surface area contributed by atoms with Crippen molar-refractivity contribution in [3.05, 3.63) is 0 Å². The largest absolute Gasteiger partial charge is 0.479 e. The molecule has 0 aliphatic carbocycles. The van der Waals surface area contributed by atoms with Gasteiger partial charge in [0.05, 0.1) is 6.54 Å². The van der Waals surface area contributed by atoms with Crippen LogP contribution in [0.4, 0.5) is 4.79 Å². The van der Waals surface area contributed by atoms with E-state index in [0.717, 1.165) is 19.3 Å². The maximum Gasteiger partial charge on any atom is 0.334 e. The molecule has 1 aliphatic heterocycles. The minimum absolute atomic E-state index is 0.247. The third kappa shape index (κ3) is 5.46. The molecule has 1 rings (SSSR count). The molecule has 1 aliphatic rings. The molecular formula is C13H24N2O4. The Morgan fingerprint density at radius 3 is 2.74 bits per heavy atom. The fraction of sp³-hybridized carbons (Fsp3) is 0.846.